The van der Waals surface area contributed by atoms with E-state index in [1.165, 1.54) is 5.56 Å². The monoisotopic (exact) mass is 700 g/mol. The number of hydrogen-bond acceptors (Lipinski definition) is 10. The summed E-state index contributed by atoms with van der Waals surface area (Å²) >= 11 is 6.85. The van der Waals surface area contributed by atoms with Gasteiger partial charge >= 0.3 is 12.1 Å². The third kappa shape index (κ3) is 7.42. The number of nitrogens with zero attached hydrogens (tertiary/aromatic N) is 6. The highest BCUT2D eigenvalue weighted by Crippen LogP contribution is 2.51. The van der Waals surface area contributed by atoms with Crippen LogP contribution in [0.25, 0.3) is 0 Å². The quantitative estimate of drug-likeness (QED) is 0.261. The zero-order valence-corrected chi connectivity index (χ0v) is 30.2. The molecule has 5 aliphatic rings. The van der Waals surface area contributed by atoms with Crippen LogP contribution in [-0.2, 0) is 22.3 Å². The normalized spacial score (nSPS) is 29.3. The van der Waals surface area contributed by atoms with Gasteiger partial charge in [-0.3, -0.25) is 9.80 Å². The van der Waals surface area contributed by atoms with Crippen molar-refractivity contribution in [1.29, 1.82) is 0 Å². The van der Waals surface area contributed by atoms with E-state index in [-0.39, 0.29) is 36.5 Å². The van der Waals surface area contributed by atoms with E-state index in [1.54, 1.807) is 7.11 Å². The van der Waals surface area contributed by atoms with Crippen LogP contribution in [0, 0.1) is 5.92 Å². The Morgan fingerprint density at radius 1 is 1.08 bits per heavy atom. The molecule has 1 aromatic heterocycles. The van der Waals surface area contributed by atoms with Crippen LogP contribution in [0.2, 0.25) is 5.02 Å². The molecule has 0 radical (unpaired) electrons. The molecule has 4 aliphatic heterocycles. The summed E-state index contributed by atoms with van der Waals surface area (Å²) in [5.41, 5.74) is 1.40. The Kier molecular flexibility index (Phi) is 9.60. The Morgan fingerprint density at radius 2 is 1.84 bits per heavy atom. The van der Waals surface area contributed by atoms with E-state index in [0.29, 0.717) is 79.9 Å². The maximum Gasteiger partial charge on any atom is 0.410 e. The Balaban J connectivity index is 1.14. The molecule has 0 unspecified atom stereocenters. The number of hydrogen-bond donors (Lipinski definition) is 0. The number of benzene rings is 1. The molecule has 5 heterocycles. The number of amides is 1. The first-order valence-electron chi connectivity index (χ1n) is 17.9. The SMILES string of the molecule is COCOc1cc(Cl)c([C@@H]2C[C@H]2C)c(CCc2nc(OC[C@@]34CCCN3C[C@H](F)C4)nc(N3C[C@H]4CC[C@@H](C3)N4C(=O)OC(C)(C)C)n2)c1. The van der Waals surface area contributed by atoms with Crippen LogP contribution in [0.5, 0.6) is 11.8 Å². The highest BCUT2D eigenvalue weighted by Gasteiger charge is 2.50. The predicted molar refractivity (Wildman–Crippen MR) is 183 cm³/mol. The van der Waals surface area contributed by atoms with Crippen LogP contribution in [-0.4, -0.2) is 107 Å². The topological polar surface area (TPSA) is 102 Å². The summed E-state index contributed by atoms with van der Waals surface area (Å²) in [7, 11) is 1.59. The third-order valence-electron chi connectivity index (χ3n) is 10.9. The minimum Gasteiger partial charge on any atom is -0.468 e. The number of carbonyl (C=O) groups excluding carboxylic acids is 1. The molecule has 0 N–H and O–H groups in total. The van der Waals surface area contributed by atoms with Crippen molar-refractivity contribution in [2.75, 3.05) is 51.6 Å². The molecule has 11 nitrogen and oxygen atoms in total. The smallest absolute Gasteiger partial charge is 0.410 e. The Labute approximate surface area is 293 Å². The van der Waals surface area contributed by atoms with Gasteiger partial charge in [-0.2, -0.15) is 15.0 Å². The van der Waals surface area contributed by atoms with Crippen LogP contribution in [0.1, 0.15) is 89.1 Å². The van der Waals surface area contributed by atoms with Gasteiger partial charge in [-0.25, -0.2) is 9.18 Å². The molecule has 268 valence electrons. The predicted octanol–water partition coefficient (Wildman–Crippen LogP) is 5.96. The summed E-state index contributed by atoms with van der Waals surface area (Å²) < 4.78 is 37.6. The van der Waals surface area contributed by atoms with E-state index in [1.807, 2.05) is 31.7 Å². The summed E-state index contributed by atoms with van der Waals surface area (Å²) in [5.74, 6) is 2.83. The van der Waals surface area contributed by atoms with Crippen LogP contribution in [0.15, 0.2) is 12.1 Å². The standard InChI is InChI=1S/C36H50ClFN6O5/c1-22-13-28(22)31-23(14-27(15-29(31)37)48-21-46-5)7-10-30-39-32(41-33(40-30)47-20-36-11-6-12-43(36)17-24(38)16-36)42-18-25-8-9-26(19-42)44(25)34(45)49-35(2,3)4/h14-15,22,24-26,28H,6-13,16-21H2,1-5H3/t22-,24-,25-,26+,28-,36+/m1/s1. The molecule has 1 amide bonds. The molecule has 2 bridgehead atoms. The molecule has 7 rings (SSSR count). The summed E-state index contributed by atoms with van der Waals surface area (Å²) in [5, 5.41) is 0.708. The second kappa shape index (κ2) is 13.6. The average Bonchev–Trinajstić information content (AvgIpc) is 3.34. The first-order valence-corrected chi connectivity index (χ1v) is 18.3. The van der Waals surface area contributed by atoms with Gasteiger partial charge in [0.2, 0.25) is 5.95 Å². The molecule has 1 aromatic carbocycles. The molecule has 6 atom stereocenters. The van der Waals surface area contributed by atoms with Crippen molar-refractivity contribution < 1.29 is 28.1 Å². The maximum atomic E-state index is 14.5. The lowest BCUT2D eigenvalue weighted by Crippen LogP contribution is -2.57. The number of ether oxygens (including phenoxy) is 4. The molecule has 13 heteroatoms. The van der Waals surface area contributed by atoms with E-state index in [0.717, 1.165) is 44.2 Å². The van der Waals surface area contributed by atoms with Gasteiger partial charge in [0.15, 0.2) is 6.79 Å². The summed E-state index contributed by atoms with van der Waals surface area (Å²) in [6.07, 6.45) is 5.40. The molecule has 1 saturated carbocycles. The van der Waals surface area contributed by atoms with Crippen molar-refractivity contribution in [3.8, 4) is 11.8 Å². The van der Waals surface area contributed by atoms with E-state index >= 15 is 0 Å². The number of rotatable bonds is 11. The fourth-order valence-corrected chi connectivity index (χ4v) is 8.85. The molecule has 1 aliphatic carbocycles. The van der Waals surface area contributed by atoms with Crippen LogP contribution < -0.4 is 14.4 Å². The largest absolute Gasteiger partial charge is 0.468 e. The van der Waals surface area contributed by atoms with Crippen LogP contribution >= 0.6 is 11.6 Å². The second-order valence-corrected chi connectivity index (χ2v) is 16.1. The lowest BCUT2D eigenvalue weighted by molar-refractivity contribution is 0.0122. The Bertz CT molecular complexity index is 1530. The number of methoxy groups -OCH3 is 1. The van der Waals surface area contributed by atoms with E-state index in [9.17, 15) is 9.18 Å². The molecule has 2 aromatic rings. The van der Waals surface area contributed by atoms with Crippen molar-refractivity contribution in [3.05, 3.63) is 34.1 Å². The van der Waals surface area contributed by atoms with Crippen molar-refractivity contribution >= 4 is 23.6 Å². The molecule has 49 heavy (non-hydrogen) atoms. The highest BCUT2D eigenvalue weighted by atomic mass is 35.5. The van der Waals surface area contributed by atoms with Gasteiger partial charge in [-0.1, -0.05) is 18.5 Å². The van der Waals surface area contributed by atoms with E-state index in [4.69, 9.17) is 45.5 Å². The highest BCUT2D eigenvalue weighted by molar-refractivity contribution is 6.31. The van der Waals surface area contributed by atoms with E-state index < -0.39 is 11.8 Å². The number of fused-ring (bicyclic) bond motifs is 3. The first-order chi connectivity index (χ1) is 23.4. The van der Waals surface area contributed by atoms with Gasteiger partial charge in [0.05, 0.1) is 17.6 Å². The first kappa shape index (κ1) is 34.5. The number of aromatic nitrogens is 3. The van der Waals surface area contributed by atoms with Crippen LogP contribution in [0.3, 0.4) is 0 Å². The molecular weight excluding hydrogens is 651 g/mol. The minimum atomic E-state index is -0.844. The zero-order valence-electron chi connectivity index (χ0n) is 29.4. The van der Waals surface area contributed by atoms with Gasteiger partial charge in [0.25, 0.3) is 0 Å². The molecular formula is C36H50ClFN6O5. The number of halogens is 2. The van der Waals surface area contributed by atoms with Gasteiger partial charge in [0, 0.05) is 44.6 Å². The number of aryl methyl sites for hydroxylation is 2. The number of carbonyl (C=O) groups is 1. The average molecular weight is 701 g/mol. The van der Waals surface area contributed by atoms with Gasteiger partial charge in [0.1, 0.15) is 30.0 Å². The lowest BCUT2D eigenvalue weighted by Gasteiger charge is -2.41. The Morgan fingerprint density at radius 3 is 2.53 bits per heavy atom. The zero-order chi connectivity index (χ0) is 34.5. The second-order valence-electron chi connectivity index (χ2n) is 15.7. The van der Waals surface area contributed by atoms with E-state index in [2.05, 4.69) is 22.8 Å². The van der Waals surface area contributed by atoms with Crippen LogP contribution in [0.4, 0.5) is 15.1 Å². The van der Waals surface area contributed by atoms with Crippen molar-refractivity contribution in [1.82, 2.24) is 24.8 Å². The van der Waals surface area contributed by atoms with Gasteiger partial charge in [-0.05, 0) is 101 Å². The maximum absolute atomic E-state index is 14.5. The number of piperazine rings is 1. The third-order valence-corrected chi connectivity index (χ3v) is 11.2. The number of alkyl halides is 1. The Hall–Kier alpha value is -2.96. The fraction of sp³-hybridized carbons (Fsp3) is 0.722. The molecule has 4 saturated heterocycles. The summed E-state index contributed by atoms with van der Waals surface area (Å²) in [6.45, 7) is 10.9. The van der Waals surface area contributed by atoms with Crippen molar-refractivity contribution in [3.63, 3.8) is 0 Å². The summed E-state index contributed by atoms with van der Waals surface area (Å²) in [6, 6.07) is 4.20. The van der Waals surface area contributed by atoms with Crippen molar-refractivity contribution in [2.45, 2.75) is 114 Å². The minimum absolute atomic E-state index is 0.00386. The number of anilines is 1. The van der Waals surface area contributed by atoms with Gasteiger partial charge in [-0.15, -0.1) is 0 Å². The van der Waals surface area contributed by atoms with Crippen molar-refractivity contribution in [2.24, 2.45) is 5.92 Å². The summed E-state index contributed by atoms with van der Waals surface area (Å²) in [4.78, 5) is 34.1. The lowest BCUT2D eigenvalue weighted by atomic mass is 9.95. The fourth-order valence-electron chi connectivity index (χ4n) is 8.48. The molecule has 0 spiro atoms. The molecule has 5 fully saturated rings. The van der Waals surface area contributed by atoms with Gasteiger partial charge < -0.3 is 23.8 Å².